The molecule has 20 heavy (non-hydrogen) atoms. The van der Waals surface area contributed by atoms with Crippen molar-refractivity contribution in [3.8, 4) is 0 Å². The lowest BCUT2D eigenvalue weighted by Crippen LogP contribution is -2.60. The number of carbonyl (C=O) groups excluding carboxylic acids is 1. The van der Waals surface area contributed by atoms with Gasteiger partial charge in [-0.15, -0.1) is 0 Å². The quantitative estimate of drug-likeness (QED) is 0.854. The van der Waals surface area contributed by atoms with E-state index < -0.39 is 0 Å². The Hall–Kier alpha value is -0.610. The number of morpholine rings is 1. The third-order valence-corrected chi connectivity index (χ3v) is 6.48. The second kappa shape index (κ2) is 4.99. The van der Waals surface area contributed by atoms with Crippen molar-refractivity contribution in [2.45, 2.75) is 45.6 Å². The molecule has 1 N–H and O–H groups in total. The van der Waals surface area contributed by atoms with Crippen molar-refractivity contribution in [3.63, 3.8) is 0 Å². The van der Waals surface area contributed by atoms with Crippen molar-refractivity contribution in [2.24, 2.45) is 17.3 Å². The molecule has 0 aromatic rings. The molecule has 1 heterocycles. The molecule has 1 amide bonds. The fourth-order valence-corrected chi connectivity index (χ4v) is 4.67. The van der Waals surface area contributed by atoms with Gasteiger partial charge in [0.05, 0.1) is 19.8 Å². The molecule has 2 bridgehead atoms. The Bertz CT molecular complexity index is 390. The molecule has 0 spiro atoms. The molecule has 2 aliphatic carbocycles. The van der Waals surface area contributed by atoms with Crippen LogP contribution in [-0.2, 0) is 9.53 Å². The van der Waals surface area contributed by atoms with Crippen LogP contribution in [0, 0.1) is 17.3 Å². The number of amides is 1. The maximum Gasteiger partial charge on any atom is 0.234 e. The standard InChI is InChI=1S/C16H28N2O2/c1-15(2)12-4-5-13(10-12)16(15,3)17-14(19)11-18-6-8-20-9-7-18/h12-13H,4-11H2,1-3H3,(H,17,19)/t12-,13-,16-/m0/s1. The lowest BCUT2D eigenvalue weighted by atomic mass is 9.64. The van der Waals surface area contributed by atoms with Crippen LogP contribution in [0.1, 0.15) is 40.0 Å². The van der Waals surface area contributed by atoms with E-state index in [4.69, 9.17) is 4.74 Å². The highest BCUT2D eigenvalue weighted by atomic mass is 16.5. The van der Waals surface area contributed by atoms with E-state index >= 15 is 0 Å². The molecule has 114 valence electrons. The van der Waals surface area contributed by atoms with E-state index in [1.54, 1.807) is 0 Å². The monoisotopic (exact) mass is 280 g/mol. The van der Waals surface area contributed by atoms with Gasteiger partial charge < -0.3 is 10.1 Å². The highest BCUT2D eigenvalue weighted by Gasteiger charge is 2.60. The van der Waals surface area contributed by atoms with E-state index in [0.717, 1.165) is 32.2 Å². The number of hydrogen-bond donors (Lipinski definition) is 1. The molecule has 0 unspecified atom stereocenters. The maximum atomic E-state index is 12.4. The second-order valence-corrected chi connectivity index (χ2v) is 7.57. The molecule has 3 rings (SSSR count). The minimum absolute atomic E-state index is 0.0285. The predicted octanol–water partition coefficient (Wildman–Crippen LogP) is 1.65. The average molecular weight is 280 g/mol. The van der Waals surface area contributed by atoms with Crippen LogP contribution < -0.4 is 5.32 Å². The molecule has 2 saturated carbocycles. The Morgan fingerprint density at radius 2 is 1.85 bits per heavy atom. The lowest BCUT2D eigenvalue weighted by molar-refractivity contribution is -0.127. The van der Waals surface area contributed by atoms with Gasteiger partial charge in [-0.1, -0.05) is 13.8 Å². The van der Waals surface area contributed by atoms with E-state index in [-0.39, 0.29) is 16.9 Å². The number of carbonyl (C=O) groups is 1. The molecule has 0 radical (unpaired) electrons. The summed E-state index contributed by atoms with van der Waals surface area (Å²) in [6.45, 7) is 10.7. The summed E-state index contributed by atoms with van der Waals surface area (Å²) in [4.78, 5) is 14.6. The Morgan fingerprint density at radius 3 is 2.45 bits per heavy atom. The SMILES string of the molecule is CC1(C)[C@H]2CC[C@@H](C2)[C@]1(C)NC(=O)CN1CCOCC1. The summed E-state index contributed by atoms with van der Waals surface area (Å²) in [6.07, 6.45) is 3.91. The van der Waals surface area contributed by atoms with Crippen molar-refractivity contribution in [3.05, 3.63) is 0 Å². The van der Waals surface area contributed by atoms with Crippen molar-refractivity contribution in [2.75, 3.05) is 32.8 Å². The van der Waals surface area contributed by atoms with Gasteiger partial charge in [0.2, 0.25) is 5.91 Å². The Kier molecular flexibility index (Phi) is 3.57. The smallest absolute Gasteiger partial charge is 0.234 e. The van der Waals surface area contributed by atoms with Gasteiger partial charge in [0.25, 0.3) is 0 Å². The first-order chi connectivity index (χ1) is 9.43. The van der Waals surface area contributed by atoms with Crippen molar-refractivity contribution < 1.29 is 9.53 Å². The van der Waals surface area contributed by atoms with E-state index in [1.807, 2.05) is 0 Å². The van der Waals surface area contributed by atoms with E-state index in [2.05, 4.69) is 31.0 Å². The fourth-order valence-electron chi connectivity index (χ4n) is 4.67. The zero-order chi connectivity index (χ0) is 14.4. The van der Waals surface area contributed by atoms with Crippen molar-refractivity contribution in [1.29, 1.82) is 0 Å². The third-order valence-electron chi connectivity index (χ3n) is 6.48. The van der Waals surface area contributed by atoms with Gasteiger partial charge in [-0.2, -0.15) is 0 Å². The van der Waals surface area contributed by atoms with Crippen LogP contribution >= 0.6 is 0 Å². The minimum Gasteiger partial charge on any atom is -0.379 e. The van der Waals surface area contributed by atoms with Gasteiger partial charge in [-0.3, -0.25) is 9.69 Å². The number of hydrogen-bond acceptors (Lipinski definition) is 3. The maximum absolute atomic E-state index is 12.4. The molecular formula is C16H28N2O2. The summed E-state index contributed by atoms with van der Waals surface area (Å²) < 4.78 is 5.33. The van der Waals surface area contributed by atoms with E-state index in [0.29, 0.717) is 12.5 Å². The van der Waals surface area contributed by atoms with E-state index in [9.17, 15) is 4.79 Å². The van der Waals surface area contributed by atoms with Gasteiger partial charge in [0.15, 0.2) is 0 Å². The molecular weight excluding hydrogens is 252 g/mol. The van der Waals surface area contributed by atoms with Crippen LogP contribution in [0.3, 0.4) is 0 Å². The number of rotatable bonds is 3. The molecule has 0 aromatic heterocycles. The highest BCUT2D eigenvalue weighted by Crippen LogP contribution is 2.61. The van der Waals surface area contributed by atoms with Crippen LogP contribution in [-0.4, -0.2) is 49.2 Å². The van der Waals surface area contributed by atoms with Crippen molar-refractivity contribution in [1.82, 2.24) is 10.2 Å². The topological polar surface area (TPSA) is 41.6 Å². The summed E-state index contributed by atoms with van der Waals surface area (Å²) in [5, 5.41) is 3.40. The molecule has 3 aliphatic rings. The Balaban J connectivity index is 1.63. The number of nitrogens with one attached hydrogen (secondary N) is 1. The first-order valence-electron chi connectivity index (χ1n) is 8.04. The van der Waals surface area contributed by atoms with Gasteiger partial charge in [-0.05, 0) is 43.4 Å². The van der Waals surface area contributed by atoms with Gasteiger partial charge >= 0.3 is 0 Å². The zero-order valence-electron chi connectivity index (χ0n) is 13.1. The van der Waals surface area contributed by atoms with E-state index in [1.165, 1.54) is 19.3 Å². The summed E-state index contributed by atoms with van der Waals surface area (Å²) in [6, 6.07) is 0. The van der Waals surface area contributed by atoms with Crippen LogP contribution in [0.25, 0.3) is 0 Å². The predicted molar refractivity (Wildman–Crippen MR) is 78.4 cm³/mol. The molecule has 3 fully saturated rings. The molecule has 1 saturated heterocycles. The molecule has 4 heteroatoms. The highest BCUT2D eigenvalue weighted by molar-refractivity contribution is 5.79. The first-order valence-corrected chi connectivity index (χ1v) is 8.04. The number of ether oxygens (including phenoxy) is 1. The zero-order valence-corrected chi connectivity index (χ0v) is 13.1. The van der Waals surface area contributed by atoms with Crippen LogP contribution in [0.2, 0.25) is 0 Å². The summed E-state index contributed by atoms with van der Waals surface area (Å²) in [5.74, 6) is 1.63. The Morgan fingerprint density at radius 1 is 1.20 bits per heavy atom. The van der Waals surface area contributed by atoms with Crippen LogP contribution in [0.4, 0.5) is 0 Å². The third kappa shape index (κ3) is 2.17. The molecule has 1 aliphatic heterocycles. The summed E-state index contributed by atoms with van der Waals surface area (Å²) >= 11 is 0. The van der Waals surface area contributed by atoms with Crippen LogP contribution in [0.15, 0.2) is 0 Å². The number of nitrogens with zero attached hydrogens (tertiary/aromatic N) is 1. The Labute approximate surface area is 122 Å². The first kappa shape index (κ1) is 14.3. The largest absolute Gasteiger partial charge is 0.379 e. The summed E-state index contributed by atoms with van der Waals surface area (Å²) in [7, 11) is 0. The lowest BCUT2D eigenvalue weighted by Gasteiger charge is -2.48. The van der Waals surface area contributed by atoms with Gasteiger partial charge in [0, 0.05) is 18.6 Å². The molecule has 4 nitrogen and oxygen atoms in total. The average Bonchev–Trinajstić information content (AvgIpc) is 2.94. The second-order valence-electron chi connectivity index (χ2n) is 7.57. The number of fused-ring (bicyclic) bond motifs is 2. The molecule has 3 atom stereocenters. The van der Waals surface area contributed by atoms with Crippen LogP contribution in [0.5, 0.6) is 0 Å². The fraction of sp³-hybridized carbons (Fsp3) is 0.938. The summed E-state index contributed by atoms with van der Waals surface area (Å²) in [5.41, 5.74) is 0.190. The minimum atomic E-state index is -0.0285. The van der Waals surface area contributed by atoms with Gasteiger partial charge in [0.1, 0.15) is 0 Å². The van der Waals surface area contributed by atoms with Crippen molar-refractivity contribution >= 4 is 5.91 Å². The van der Waals surface area contributed by atoms with Gasteiger partial charge in [-0.25, -0.2) is 0 Å². The molecule has 0 aromatic carbocycles. The normalized spacial score (nSPS) is 40.0.